The number of benzene rings is 1. The van der Waals surface area contributed by atoms with Crippen LogP contribution in [0.5, 0.6) is 0 Å². The first-order valence-electron chi connectivity index (χ1n) is 7.44. The molecule has 0 spiro atoms. The highest BCUT2D eigenvalue weighted by molar-refractivity contribution is 5.76. The normalized spacial score (nSPS) is 17.1. The third-order valence-electron chi connectivity index (χ3n) is 4.10. The minimum Gasteiger partial charge on any atom is -0.399 e. The van der Waals surface area contributed by atoms with E-state index in [-0.39, 0.29) is 5.91 Å². The molecule has 2 rings (SSSR count). The lowest BCUT2D eigenvalue weighted by atomic mass is 9.97. The van der Waals surface area contributed by atoms with Crippen LogP contribution in [0.2, 0.25) is 0 Å². The Morgan fingerprint density at radius 2 is 2.05 bits per heavy atom. The van der Waals surface area contributed by atoms with E-state index in [0.717, 1.165) is 30.9 Å². The molecule has 4 heteroatoms. The maximum Gasteiger partial charge on any atom is 0.220 e. The fourth-order valence-corrected chi connectivity index (χ4v) is 2.62. The Labute approximate surface area is 121 Å². The van der Waals surface area contributed by atoms with Crippen LogP contribution in [-0.2, 0) is 11.2 Å². The van der Waals surface area contributed by atoms with Crippen molar-refractivity contribution in [1.82, 2.24) is 10.2 Å². The average molecular weight is 275 g/mol. The van der Waals surface area contributed by atoms with Crippen molar-refractivity contribution in [3.63, 3.8) is 0 Å². The van der Waals surface area contributed by atoms with Crippen molar-refractivity contribution in [3.8, 4) is 0 Å². The van der Waals surface area contributed by atoms with Gasteiger partial charge in [-0.15, -0.1) is 0 Å². The van der Waals surface area contributed by atoms with Gasteiger partial charge in [-0.1, -0.05) is 18.2 Å². The molecule has 1 aliphatic rings. The van der Waals surface area contributed by atoms with Crippen molar-refractivity contribution < 1.29 is 4.79 Å². The number of carbonyl (C=O) groups excluding carboxylic acids is 1. The number of nitrogens with zero attached hydrogens (tertiary/aromatic N) is 1. The van der Waals surface area contributed by atoms with Gasteiger partial charge < -0.3 is 16.0 Å². The fraction of sp³-hybridized carbons (Fsp3) is 0.562. The van der Waals surface area contributed by atoms with Crippen LogP contribution in [0.15, 0.2) is 24.3 Å². The maximum atomic E-state index is 11.9. The number of para-hydroxylation sites is 1. The Morgan fingerprint density at radius 1 is 1.35 bits per heavy atom. The molecule has 3 N–H and O–H groups in total. The van der Waals surface area contributed by atoms with Gasteiger partial charge in [0.1, 0.15) is 0 Å². The van der Waals surface area contributed by atoms with Gasteiger partial charge in [0.15, 0.2) is 0 Å². The number of nitrogens with two attached hydrogens (primary N) is 1. The van der Waals surface area contributed by atoms with E-state index in [2.05, 4.69) is 17.3 Å². The Kier molecular flexibility index (Phi) is 5.41. The summed E-state index contributed by atoms with van der Waals surface area (Å²) in [7, 11) is 2.15. The quantitative estimate of drug-likeness (QED) is 0.804. The average Bonchev–Trinajstić information content (AvgIpc) is 2.46. The molecule has 0 atom stereocenters. The molecule has 0 aliphatic carbocycles. The molecule has 0 bridgehead atoms. The van der Waals surface area contributed by atoms with Gasteiger partial charge in [0.2, 0.25) is 5.91 Å². The molecule has 1 amide bonds. The summed E-state index contributed by atoms with van der Waals surface area (Å²) in [5, 5.41) is 3.06. The zero-order chi connectivity index (χ0) is 14.4. The third-order valence-corrected chi connectivity index (χ3v) is 4.10. The molecule has 0 aromatic heterocycles. The van der Waals surface area contributed by atoms with Crippen molar-refractivity contribution in [3.05, 3.63) is 29.8 Å². The van der Waals surface area contributed by atoms with Crippen LogP contribution in [0.1, 0.15) is 24.8 Å². The predicted octanol–water partition coefficient (Wildman–Crippen LogP) is 1.66. The molecule has 20 heavy (non-hydrogen) atoms. The minimum absolute atomic E-state index is 0.132. The van der Waals surface area contributed by atoms with Gasteiger partial charge in [0.25, 0.3) is 0 Å². The summed E-state index contributed by atoms with van der Waals surface area (Å²) in [6.07, 6.45) is 3.59. The second-order valence-corrected chi connectivity index (χ2v) is 5.75. The number of likely N-dealkylation sites (tertiary alicyclic amines) is 1. The highest BCUT2D eigenvalue weighted by Gasteiger charge is 2.17. The Hall–Kier alpha value is -1.55. The molecule has 1 aromatic carbocycles. The molecule has 0 radical (unpaired) electrons. The van der Waals surface area contributed by atoms with E-state index in [0.29, 0.717) is 18.8 Å². The molecule has 1 fully saturated rings. The number of nitrogen functional groups attached to an aromatic ring is 1. The molecule has 1 saturated heterocycles. The van der Waals surface area contributed by atoms with Gasteiger partial charge >= 0.3 is 0 Å². The van der Waals surface area contributed by atoms with E-state index in [9.17, 15) is 4.79 Å². The van der Waals surface area contributed by atoms with E-state index in [1.165, 1.54) is 12.8 Å². The van der Waals surface area contributed by atoms with Crippen LogP contribution in [0.3, 0.4) is 0 Å². The Morgan fingerprint density at radius 3 is 2.75 bits per heavy atom. The van der Waals surface area contributed by atoms with Crippen molar-refractivity contribution >= 4 is 11.6 Å². The van der Waals surface area contributed by atoms with E-state index in [1.807, 2.05) is 24.3 Å². The zero-order valence-electron chi connectivity index (χ0n) is 12.3. The standard InChI is InChI=1S/C16H25N3O/c1-19-10-8-13(9-11-19)12-18-16(20)7-6-14-4-2-3-5-15(14)17/h2-5,13H,6-12,17H2,1H3,(H,18,20). The van der Waals surface area contributed by atoms with Crippen LogP contribution < -0.4 is 11.1 Å². The van der Waals surface area contributed by atoms with Crippen LogP contribution >= 0.6 is 0 Å². The summed E-state index contributed by atoms with van der Waals surface area (Å²) in [4.78, 5) is 14.2. The number of hydrogen-bond donors (Lipinski definition) is 2. The summed E-state index contributed by atoms with van der Waals surface area (Å²) < 4.78 is 0. The first kappa shape index (κ1) is 14.9. The van der Waals surface area contributed by atoms with Crippen molar-refractivity contribution in [2.75, 3.05) is 32.4 Å². The molecule has 0 unspecified atom stereocenters. The SMILES string of the molecule is CN1CCC(CNC(=O)CCc2ccccc2N)CC1. The van der Waals surface area contributed by atoms with Gasteiger partial charge in [-0.05, 0) is 56.9 Å². The minimum atomic E-state index is 0.132. The number of rotatable bonds is 5. The van der Waals surface area contributed by atoms with Crippen LogP contribution in [0.25, 0.3) is 0 Å². The molecular weight excluding hydrogens is 250 g/mol. The van der Waals surface area contributed by atoms with Crippen molar-refractivity contribution in [2.24, 2.45) is 5.92 Å². The first-order valence-corrected chi connectivity index (χ1v) is 7.44. The lowest BCUT2D eigenvalue weighted by molar-refractivity contribution is -0.121. The molecular formula is C16H25N3O. The predicted molar refractivity (Wildman–Crippen MR) is 82.4 cm³/mol. The number of anilines is 1. The number of piperidine rings is 1. The molecule has 1 aromatic rings. The highest BCUT2D eigenvalue weighted by Crippen LogP contribution is 2.15. The lowest BCUT2D eigenvalue weighted by Gasteiger charge is -2.28. The number of hydrogen-bond acceptors (Lipinski definition) is 3. The topological polar surface area (TPSA) is 58.4 Å². The van der Waals surface area contributed by atoms with Crippen LogP contribution in [-0.4, -0.2) is 37.5 Å². The Bertz CT molecular complexity index is 439. The highest BCUT2D eigenvalue weighted by atomic mass is 16.1. The maximum absolute atomic E-state index is 11.9. The van der Waals surface area contributed by atoms with Gasteiger partial charge in [0.05, 0.1) is 0 Å². The van der Waals surface area contributed by atoms with Gasteiger partial charge in [-0.25, -0.2) is 0 Å². The van der Waals surface area contributed by atoms with Crippen LogP contribution in [0.4, 0.5) is 5.69 Å². The van der Waals surface area contributed by atoms with Crippen molar-refractivity contribution in [1.29, 1.82) is 0 Å². The summed E-state index contributed by atoms with van der Waals surface area (Å²) in [6.45, 7) is 3.10. The summed E-state index contributed by atoms with van der Waals surface area (Å²) >= 11 is 0. The first-order chi connectivity index (χ1) is 9.65. The van der Waals surface area contributed by atoms with E-state index >= 15 is 0 Å². The molecule has 1 heterocycles. The van der Waals surface area contributed by atoms with E-state index in [4.69, 9.17) is 5.73 Å². The van der Waals surface area contributed by atoms with Gasteiger partial charge in [-0.2, -0.15) is 0 Å². The number of aryl methyl sites for hydroxylation is 1. The number of nitrogens with one attached hydrogen (secondary N) is 1. The van der Waals surface area contributed by atoms with Gasteiger partial charge in [0, 0.05) is 18.7 Å². The summed E-state index contributed by atoms with van der Waals surface area (Å²) in [5.41, 5.74) is 7.71. The molecule has 0 saturated carbocycles. The molecule has 110 valence electrons. The van der Waals surface area contributed by atoms with E-state index in [1.54, 1.807) is 0 Å². The molecule has 1 aliphatic heterocycles. The largest absolute Gasteiger partial charge is 0.399 e. The molecule has 4 nitrogen and oxygen atoms in total. The lowest BCUT2D eigenvalue weighted by Crippen LogP contribution is -2.36. The third kappa shape index (κ3) is 4.53. The fourth-order valence-electron chi connectivity index (χ4n) is 2.62. The smallest absolute Gasteiger partial charge is 0.220 e. The number of carbonyl (C=O) groups is 1. The monoisotopic (exact) mass is 275 g/mol. The Balaban J connectivity index is 1.67. The zero-order valence-corrected chi connectivity index (χ0v) is 12.3. The van der Waals surface area contributed by atoms with E-state index < -0.39 is 0 Å². The van der Waals surface area contributed by atoms with Gasteiger partial charge in [-0.3, -0.25) is 4.79 Å². The summed E-state index contributed by atoms with van der Waals surface area (Å²) in [6, 6.07) is 7.74. The van der Waals surface area contributed by atoms with Crippen molar-refractivity contribution in [2.45, 2.75) is 25.7 Å². The summed E-state index contributed by atoms with van der Waals surface area (Å²) in [5.74, 6) is 0.768. The second kappa shape index (κ2) is 7.29. The van der Waals surface area contributed by atoms with Crippen LogP contribution in [0, 0.1) is 5.92 Å². The number of amides is 1. The second-order valence-electron chi connectivity index (χ2n) is 5.75.